The van der Waals surface area contributed by atoms with Gasteiger partial charge in [-0.2, -0.15) is 0 Å². The zero-order valence-corrected chi connectivity index (χ0v) is 11.4. The Morgan fingerprint density at radius 1 is 1.10 bits per heavy atom. The number of halogens is 1. The molecule has 0 spiro atoms. The van der Waals surface area contributed by atoms with Gasteiger partial charge in [0.2, 0.25) is 0 Å². The second kappa shape index (κ2) is 5.72. The highest BCUT2D eigenvalue weighted by atomic mass is 35.5. The number of tetrazole rings is 1. The molecule has 0 saturated carbocycles. The van der Waals surface area contributed by atoms with Crippen LogP contribution in [0.5, 0.6) is 5.75 Å². The SMILES string of the molecule is O=C(Oc1ccc(-n2cnnn2)cc1)c1ccccc1Cl. The van der Waals surface area contributed by atoms with Gasteiger partial charge in [-0.05, 0) is 46.8 Å². The van der Waals surface area contributed by atoms with Gasteiger partial charge < -0.3 is 4.74 Å². The van der Waals surface area contributed by atoms with Crippen LogP contribution >= 0.6 is 11.6 Å². The molecule has 6 nitrogen and oxygen atoms in total. The minimum Gasteiger partial charge on any atom is -0.423 e. The summed E-state index contributed by atoms with van der Waals surface area (Å²) in [6, 6.07) is 13.5. The lowest BCUT2D eigenvalue weighted by Crippen LogP contribution is -2.09. The van der Waals surface area contributed by atoms with E-state index in [-0.39, 0.29) is 0 Å². The van der Waals surface area contributed by atoms with Crippen LogP contribution in [0.15, 0.2) is 54.9 Å². The van der Waals surface area contributed by atoms with Gasteiger partial charge in [0, 0.05) is 0 Å². The maximum absolute atomic E-state index is 12.0. The number of aromatic nitrogens is 4. The first kappa shape index (κ1) is 13.3. The van der Waals surface area contributed by atoms with E-state index in [1.807, 2.05) is 0 Å². The number of ether oxygens (including phenoxy) is 1. The quantitative estimate of drug-likeness (QED) is 0.549. The minimum absolute atomic E-state index is 0.323. The van der Waals surface area contributed by atoms with Crippen LogP contribution in [0.4, 0.5) is 0 Å². The number of carbonyl (C=O) groups excluding carboxylic acids is 1. The standard InChI is InChI=1S/C14H9ClN4O2/c15-13-4-2-1-3-12(13)14(20)21-11-7-5-10(6-8-11)19-9-16-17-18-19/h1-9H. The molecule has 1 aromatic heterocycles. The summed E-state index contributed by atoms with van der Waals surface area (Å²) in [5.74, 6) is -0.0903. The first-order chi connectivity index (χ1) is 10.2. The zero-order valence-electron chi connectivity index (χ0n) is 10.7. The van der Waals surface area contributed by atoms with Crippen LogP contribution in [0.25, 0.3) is 5.69 Å². The summed E-state index contributed by atoms with van der Waals surface area (Å²) in [7, 11) is 0. The van der Waals surface area contributed by atoms with Crippen molar-refractivity contribution < 1.29 is 9.53 Å². The minimum atomic E-state index is -0.504. The normalized spacial score (nSPS) is 10.3. The van der Waals surface area contributed by atoms with Crippen LogP contribution in [-0.2, 0) is 0 Å². The number of benzene rings is 2. The third-order valence-corrected chi connectivity index (χ3v) is 3.08. The molecule has 0 N–H and O–H groups in total. The van der Waals surface area contributed by atoms with Crippen molar-refractivity contribution in [3.8, 4) is 11.4 Å². The van der Waals surface area contributed by atoms with Gasteiger partial charge in [-0.25, -0.2) is 9.48 Å². The third kappa shape index (κ3) is 2.90. The molecule has 104 valence electrons. The van der Waals surface area contributed by atoms with E-state index >= 15 is 0 Å². The lowest BCUT2D eigenvalue weighted by Gasteiger charge is -2.06. The fourth-order valence-electron chi connectivity index (χ4n) is 1.74. The molecule has 21 heavy (non-hydrogen) atoms. The molecule has 0 saturated heterocycles. The highest BCUT2D eigenvalue weighted by molar-refractivity contribution is 6.33. The molecule has 0 bridgehead atoms. The second-order valence-electron chi connectivity index (χ2n) is 4.12. The van der Waals surface area contributed by atoms with Crippen LogP contribution in [-0.4, -0.2) is 26.2 Å². The van der Waals surface area contributed by atoms with Gasteiger partial charge in [0.25, 0.3) is 0 Å². The summed E-state index contributed by atoms with van der Waals surface area (Å²) in [6.07, 6.45) is 1.48. The summed E-state index contributed by atoms with van der Waals surface area (Å²) >= 11 is 5.95. The van der Waals surface area contributed by atoms with E-state index in [2.05, 4.69) is 15.5 Å². The summed E-state index contributed by atoms with van der Waals surface area (Å²) in [4.78, 5) is 12.0. The van der Waals surface area contributed by atoms with Crippen molar-refractivity contribution in [3.05, 3.63) is 65.4 Å². The zero-order chi connectivity index (χ0) is 14.7. The van der Waals surface area contributed by atoms with E-state index in [9.17, 15) is 4.79 Å². The molecule has 0 radical (unpaired) electrons. The first-order valence-corrected chi connectivity index (χ1v) is 6.42. The van der Waals surface area contributed by atoms with E-state index in [4.69, 9.17) is 16.3 Å². The molecule has 0 unspecified atom stereocenters. The third-order valence-electron chi connectivity index (χ3n) is 2.75. The number of esters is 1. The Morgan fingerprint density at radius 2 is 1.86 bits per heavy atom. The predicted molar refractivity (Wildman–Crippen MR) is 75.6 cm³/mol. The molecule has 0 fully saturated rings. The van der Waals surface area contributed by atoms with Gasteiger partial charge in [-0.1, -0.05) is 23.7 Å². The topological polar surface area (TPSA) is 69.9 Å². The van der Waals surface area contributed by atoms with E-state index in [1.54, 1.807) is 48.5 Å². The molecule has 0 aliphatic carbocycles. The number of hydrogen-bond acceptors (Lipinski definition) is 5. The Labute approximate surface area is 124 Å². The van der Waals surface area contributed by atoms with E-state index < -0.39 is 5.97 Å². The Hall–Kier alpha value is -2.73. The van der Waals surface area contributed by atoms with Gasteiger partial charge in [-0.3, -0.25) is 0 Å². The van der Waals surface area contributed by atoms with Crippen LogP contribution in [0.3, 0.4) is 0 Å². The molecule has 2 aromatic carbocycles. The van der Waals surface area contributed by atoms with E-state index in [1.165, 1.54) is 11.0 Å². The fourth-order valence-corrected chi connectivity index (χ4v) is 1.95. The van der Waals surface area contributed by atoms with Crippen molar-refractivity contribution >= 4 is 17.6 Å². The van der Waals surface area contributed by atoms with Gasteiger partial charge in [0.05, 0.1) is 16.3 Å². The number of nitrogens with zero attached hydrogens (tertiary/aromatic N) is 4. The van der Waals surface area contributed by atoms with Crippen LogP contribution in [0, 0.1) is 0 Å². The maximum atomic E-state index is 12.0. The molecule has 0 aliphatic heterocycles. The first-order valence-electron chi connectivity index (χ1n) is 6.04. The fraction of sp³-hybridized carbons (Fsp3) is 0. The van der Waals surface area contributed by atoms with Gasteiger partial charge >= 0.3 is 5.97 Å². The van der Waals surface area contributed by atoms with Gasteiger partial charge in [0.1, 0.15) is 12.1 Å². The summed E-state index contributed by atoms with van der Waals surface area (Å²) < 4.78 is 6.77. The molecule has 3 aromatic rings. The number of hydrogen-bond donors (Lipinski definition) is 0. The van der Waals surface area contributed by atoms with Gasteiger partial charge in [-0.15, -0.1) is 5.10 Å². The Morgan fingerprint density at radius 3 is 2.52 bits per heavy atom. The second-order valence-corrected chi connectivity index (χ2v) is 4.52. The van der Waals surface area contributed by atoms with Crippen LogP contribution in [0.2, 0.25) is 5.02 Å². The predicted octanol–water partition coefficient (Wildman–Crippen LogP) is 2.53. The number of rotatable bonds is 3. The van der Waals surface area contributed by atoms with Crippen molar-refractivity contribution in [1.29, 1.82) is 0 Å². The molecule has 7 heteroatoms. The Bertz CT molecular complexity index is 757. The lowest BCUT2D eigenvalue weighted by atomic mass is 10.2. The van der Waals surface area contributed by atoms with Crippen molar-refractivity contribution in [2.75, 3.05) is 0 Å². The molecular formula is C14H9ClN4O2. The average molecular weight is 301 g/mol. The van der Waals surface area contributed by atoms with E-state index in [0.29, 0.717) is 16.3 Å². The van der Waals surface area contributed by atoms with E-state index in [0.717, 1.165) is 5.69 Å². The monoisotopic (exact) mass is 300 g/mol. The molecule has 1 heterocycles. The Kier molecular flexibility index (Phi) is 3.61. The summed E-state index contributed by atoms with van der Waals surface area (Å²) in [5.41, 5.74) is 1.08. The van der Waals surface area contributed by atoms with Crippen LogP contribution in [0.1, 0.15) is 10.4 Å². The molecule has 0 atom stereocenters. The van der Waals surface area contributed by atoms with Crippen molar-refractivity contribution in [2.45, 2.75) is 0 Å². The maximum Gasteiger partial charge on any atom is 0.345 e. The lowest BCUT2D eigenvalue weighted by molar-refractivity contribution is 0.0735. The highest BCUT2D eigenvalue weighted by Crippen LogP contribution is 2.19. The largest absolute Gasteiger partial charge is 0.423 e. The van der Waals surface area contributed by atoms with Crippen molar-refractivity contribution in [2.24, 2.45) is 0 Å². The highest BCUT2D eigenvalue weighted by Gasteiger charge is 2.12. The summed E-state index contributed by atoms with van der Waals surface area (Å²) in [5, 5.41) is 11.2. The summed E-state index contributed by atoms with van der Waals surface area (Å²) in [6.45, 7) is 0. The van der Waals surface area contributed by atoms with Crippen LogP contribution < -0.4 is 4.74 Å². The Balaban J connectivity index is 1.77. The molecule has 0 aliphatic rings. The van der Waals surface area contributed by atoms with Crippen molar-refractivity contribution in [1.82, 2.24) is 20.2 Å². The molecule has 3 rings (SSSR count). The number of carbonyl (C=O) groups is 1. The average Bonchev–Trinajstić information content (AvgIpc) is 3.02. The molecular weight excluding hydrogens is 292 g/mol. The molecule has 0 amide bonds. The van der Waals surface area contributed by atoms with Crippen molar-refractivity contribution in [3.63, 3.8) is 0 Å². The van der Waals surface area contributed by atoms with Gasteiger partial charge in [0.15, 0.2) is 0 Å². The smallest absolute Gasteiger partial charge is 0.345 e.